The number of nitrogens with zero attached hydrogens (tertiary/aromatic N) is 2. The lowest BCUT2D eigenvalue weighted by molar-refractivity contribution is -0.120. The number of nitrogens with one attached hydrogen (secondary N) is 1. The van der Waals surface area contributed by atoms with Crippen molar-refractivity contribution in [1.82, 2.24) is 14.7 Å². The van der Waals surface area contributed by atoms with Gasteiger partial charge in [-0.05, 0) is 36.2 Å². The highest BCUT2D eigenvalue weighted by molar-refractivity contribution is 5.78. The Morgan fingerprint density at radius 1 is 1.17 bits per heavy atom. The summed E-state index contributed by atoms with van der Waals surface area (Å²) in [6.45, 7) is 0.506. The van der Waals surface area contributed by atoms with Gasteiger partial charge in [0.2, 0.25) is 5.91 Å². The van der Waals surface area contributed by atoms with E-state index >= 15 is 0 Å². The van der Waals surface area contributed by atoms with Gasteiger partial charge in [0.05, 0.1) is 12.1 Å². The number of benzene rings is 1. The van der Waals surface area contributed by atoms with Crippen LogP contribution in [-0.4, -0.2) is 26.9 Å². The molecule has 118 valence electrons. The van der Waals surface area contributed by atoms with Gasteiger partial charge in [-0.15, -0.1) is 0 Å². The molecule has 6 heteroatoms. The molecule has 0 radical (unpaired) electrons. The number of rotatable bonds is 5. The number of halogens is 1. The van der Waals surface area contributed by atoms with Crippen molar-refractivity contribution in [3.8, 4) is 5.75 Å². The summed E-state index contributed by atoms with van der Waals surface area (Å²) in [4.78, 5) is 16.2. The Morgan fingerprint density at radius 3 is 2.74 bits per heavy atom. The molecule has 2 heterocycles. The molecule has 0 atom stereocenters. The molecule has 0 fully saturated rings. The fourth-order valence-corrected chi connectivity index (χ4v) is 2.34. The summed E-state index contributed by atoms with van der Waals surface area (Å²) in [5.74, 6) is -0.256. The molecule has 1 aromatic carbocycles. The van der Waals surface area contributed by atoms with E-state index in [1.54, 1.807) is 28.8 Å². The summed E-state index contributed by atoms with van der Waals surface area (Å²) in [6.07, 6.45) is 3.81. The molecule has 2 aromatic heterocycles. The summed E-state index contributed by atoms with van der Waals surface area (Å²) in [5.41, 5.74) is 2.24. The van der Waals surface area contributed by atoms with Gasteiger partial charge in [0.15, 0.2) is 0 Å². The topological polar surface area (TPSA) is 66.6 Å². The molecule has 2 N–H and O–H groups in total. The Labute approximate surface area is 132 Å². The fourth-order valence-electron chi connectivity index (χ4n) is 2.34. The SMILES string of the molecule is O=C(Cc1cn2cc(F)ccc2n1)NCCc1ccc(O)cc1. The highest BCUT2D eigenvalue weighted by atomic mass is 19.1. The largest absolute Gasteiger partial charge is 0.508 e. The number of amides is 1. The van der Waals surface area contributed by atoms with Crippen LogP contribution in [-0.2, 0) is 17.6 Å². The average molecular weight is 313 g/mol. The molecule has 0 aliphatic carbocycles. The Morgan fingerprint density at radius 2 is 1.96 bits per heavy atom. The van der Waals surface area contributed by atoms with Gasteiger partial charge < -0.3 is 14.8 Å². The van der Waals surface area contributed by atoms with Crippen LogP contribution in [0, 0.1) is 5.82 Å². The third-order valence-electron chi connectivity index (χ3n) is 3.48. The van der Waals surface area contributed by atoms with Crippen molar-refractivity contribution in [3.05, 3.63) is 65.9 Å². The molecule has 5 nitrogen and oxygen atoms in total. The minimum absolute atomic E-state index is 0.132. The van der Waals surface area contributed by atoms with Crippen molar-refractivity contribution in [2.45, 2.75) is 12.8 Å². The van der Waals surface area contributed by atoms with Crippen molar-refractivity contribution in [2.75, 3.05) is 6.54 Å². The van der Waals surface area contributed by atoms with E-state index in [1.165, 1.54) is 12.3 Å². The van der Waals surface area contributed by atoms with Gasteiger partial charge in [-0.3, -0.25) is 4.79 Å². The summed E-state index contributed by atoms with van der Waals surface area (Å²) in [6, 6.07) is 9.78. The van der Waals surface area contributed by atoms with E-state index in [1.807, 2.05) is 12.1 Å². The standard InChI is InChI=1S/C17H16FN3O2/c18-13-3-6-16-20-14(11-21(16)10-13)9-17(23)19-8-7-12-1-4-15(22)5-2-12/h1-6,10-11,22H,7-9H2,(H,19,23). The number of hydrogen-bond acceptors (Lipinski definition) is 3. The number of phenols is 1. The number of fused-ring (bicyclic) bond motifs is 1. The summed E-state index contributed by atoms with van der Waals surface area (Å²) < 4.78 is 14.7. The molecular formula is C17H16FN3O2. The number of phenolic OH excluding ortho intramolecular Hbond substituents is 1. The van der Waals surface area contributed by atoms with E-state index < -0.39 is 0 Å². The Kier molecular flexibility index (Phi) is 4.23. The Bertz CT molecular complexity index is 827. The zero-order chi connectivity index (χ0) is 16.2. The van der Waals surface area contributed by atoms with Gasteiger partial charge in [-0.1, -0.05) is 12.1 Å². The van der Waals surface area contributed by atoms with E-state index in [4.69, 9.17) is 0 Å². The first-order valence-electron chi connectivity index (χ1n) is 7.28. The van der Waals surface area contributed by atoms with Crippen LogP contribution in [0.4, 0.5) is 4.39 Å². The lowest BCUT2D eigenvalue weighted by atomic mass is 10.1. The van der Waals surface area contributed by atoms with E-state index in [0.717, 1.165) is 5.56 Å². The van der Waals surface area contributed by atoms with Gasteiger partial charge in [-0.2, -0.15) is 0 Å². The normalized spacial score (nSPS) is 10.8. The van der Waals surface area contributed by atoms with Crippen molar-refractivity contribution < 1.29 is 14.3 Å². The second kappa shape index (κ2) is 6.48. The highest BCUT2D eigenvalue weighted by Crippen LogP contribution is 2.10. The molecular weight excluding hydrogens is 297 g/mol. The molecule has 0 saturated carbocycles. The zero-order valence-corrected chi connectivity index (χ0v) is 12.4. The van der Waals surface area contributed by atoms with Crippen molar-refractivity contribution in [1.29, 1.82) is 0 Å². The smallest absolute Gasteiger partial charge is 0.226 e. The van der Waals surface area contributed by atoms with Crippen molar-refractivity contribution >= 4 is 11.6 Å². The maximum absolute atomic E-state index is 13.1. The quantitative estimate of drug-likeness (QED) is 0.758. The first kappa shape index (κ1) is 15.0. The maximum atomic E-state index is 13.1. The highest BCUT2D eigenvalue weighted by Gasteiger charge is 2.08. The lowest BCUT2D eigenvalue weighted by Gasteiger charge is -2.04. The molecule has 0 spiro atoms. The second-order valence-corrected chi connectivity index (χ2v) is 5.29. The first-order valence-corrected chi connectivity index (χ1v) is 7.28. The van der Waals surface area contributed by atoms with Gasteiger partial charge in [0, 0.05) is 18.9 Å². The maximum Gasteiger partial charge on any atom is 0.226 e. The van der Waals surface area contributed by atoms with Gasteiger partial charge in [-0.25, -0.2) is 9.37 Å². The number of aromatic hydroxyl groups is 1. The Hall–Kier alpha value is -2.89. The summed E-state index contributed by atoms with van der Waals surface area (Å²) >= 11 is 0. The van der Waals surface area contributed by atoms with Crippen LogP contribution >= 0.6 is 0 Å². The molecule has 23 heavy (non-hydrogen) atoms. The molecule has 0 aliphatic heterocycles. The van der Waals surface area contributed by atoms with Crippen LogP contribution in [0.5, 0.6) is 5.75 Å². The minimum Gasteiger partial charge on any atom is -0.508 e. The minimum atomic E-state index is -0.347. The van der Waals surface area contributed by atoms with Gasteiger partial charge in [0.25, 0.3) is 0 Å². The first-order chi connectivity index (χ1) is 11.1. The lowest BCUT2D eigenvalue weighted by Crippen LogP contribution is -2.27. The monoisotopic (exact) mass is 313 g/mol. The Balaban J connectivity index is 1.53. The van der Waals surface area contributed by atoms with Crippen LogP contribution in [0.25, 0.3) is 5.65 Å². The van der Waals surface area contributed by atoms with E-state index in [9.17, 15) is 14.3 Å². The second-order valence-electron chi connectivity index (χ2n) is 5.29. The van der Waals surface area contributed by atoms with Crippen LogP contribution in [0.15, 0.2) is 48.8 Å². The summed E-state index contributed by atoms with van der Waals surface area (Å²) in [5, 5.41) is 12.0. The number of aromatic nitrogens is 2. The third-order valence-corrected chi connectivity index (χ3v) is 3.48. The molecule has 1 amide bonds. The molecule has 3 rings (SSSR count). The number of pyridine rings is 1. The summed E-state index contributed by atoms with van der Waals surface area (Å²) in [7, 11) is 0. The number of carbonyl (C=O) groups excluding carboxylic acids is 1. The van der Waals surface area contributed by atoms with Crippen molar-refractivity contribution in [2.24, 2.45) is 0 Å². The number of imidazole rings is 1. The van der Waals surface area contributed by atoms with Crippen LogP contribution < -0.4 is 5.32 Å². The fraction of sp³-hybridized carbons (Fsp3) is 0.176. The zero-order valence-electron chi connectivity index (χ0n) is 12.4. The molecule has 0 aliphatic rings. The van der Waals surface area contributed by atoms with Crippen LogP contribution in [0.3, 0.4) is 0 Å². The number of hydrogen-bond donors (Lipinski definition) is 2. The van der Waals surface area contributed by atoms with E-state index in [2.05, 4.69) is 10.3 Å². The average Bonchev–Trinajstić information content (AvgIpc) is 2.90. The van der Waals surface area contributed by atoms with E-state index in [0.29, 0.717) is 24.3 Å². The van der Waals surface area contributed by atoms with Gasteiger partial charge >= 0.3 is 0 Å². The third kappa shape index (κ3) is 3.85. The van der Waals surface area contributed by atoms with Crippen LogP contribution in [0.1, 0.15) is 11.3 Å². The van der Waals surface area contributed by atoms with Crippen LogP contribution in [0.2, 0.25) is 0 Å². The molecule has 0 bridgehead atoms. The molecule has 0 unspecified atom stereocenters. The number of carbonyl (C=O) groups is 1. The van der Waals surface area contributed by atoms with Crippen molar-refractivity contribution in [3.63, 3.8) is 0 Å². The van der Waals surface area contributed by atoms with Gasteiger partial charge in [0.1, 0.15) is 17.2 Å². The predicted molar refractivity (Wildman–Crippen MR) is 83.7 cm³/mol. The predicted octanol–water partition coefficient (Wildman–Crippen LogP) is 2.08. The molecule has 3 aromatic rings. The molecule has 0 saturated heterocycles. The van der Waals surface area contributed by atoms with E-state index in [-0.39, 0.29) is 23.9 Å².